The van der Waals surface area contributed by atoms with E-state index in [1.54, 1.807) is 24.3 Å². The van der Waals surface area contributed by atoms with Crippen LogP contribution < -0.4 is 0 Å². The van der Waals surface area contributed by atoms with Gasteiger partial charge in [0, 0.05) is 19.2 Å². The number of halogens is 1. The van der Waals surface area contributed by atoms with E-state index in [2.05, 4.69) is 0 Å². The largest absolute Gasteiger partial charge is 0.355 e. The van der Waals surface area contributed by atoms with Crippen LogP contribution in [0.15, 0.2) is 24.3 Å². The Bertz CT molecular complexity index is 454. The van der Waals surface area contributed by atoms with Crippen LogP contribution in [-0.2, 0) is 25.1 Å². The van der Waals surface area contributed by atoms with Gasteiger partial charge in [-0.2, -0.15) is 0 Å². The van der Waals surface area contributed by atoms with E-state index < -0.39 is 16.1 Å². The summed E-state index contributed by atoms with van der Waals surface area (Å²) in [5.41, 5.74) is 0.583. The van der Waals surface area contributed by atoms with Crippen molar-refractivity contribution in [3.63, 3.8) is 0 Å². The van der Waals surface area contributed by atoms with Gasteiger partial charge in [-0.05, 0) is 11.6 Å². The highest BCUT2D eigenvalue weighted by Crippen LogP contribution is 2.18. The molecule has 0 radical (unpaired) electrons. The van der Waals surface area contributed by atoms with Gasteiger partial charge in [0.15, 0.2) is 16.1 Å². The van der Waals surface area contributed by atoms with E-state index in [0.29, 0.717) is 10.6 Å². The molecule has 0 saturated carbocycles. The lowest BCUT2D eigenvalue weighted by Crippen LogP contribution is -2.25. The molecule has 6 heteroatoms. The van der Waals surface area contributed by atoms with E-state index >= 15 is 0 Å². The minimum absolute atomic E-state index is 0.115. The third-order valence-electron chi connectivity index (χ3n) is 2.25. The lowest BCUT2D eigenvalue weighted by Gasteiger charge is -2.13. The molecule has 0 heterocycles. The number of hydrogen-bond donors (Lipinski definition) is 0. The Hall–Kier alpha value is -0.620. The fourth-order valence-electron chi connectivity index (χ4n) is 1.35. The molecule has 0 N–H and O–H groups in total. The summed E-state index contributed by atoms with van der Waals surface area (Å²) in [5.74, 6) is -0.304. The van der Waals surface area contributed by atoms with Gasteiger partial charge in [0.05, 0.1) is 5.75 Å². The van der Waals surface area contributed by atoms with E-state index in [1.807, 2.05) is 0 Å². The van der Waals surface area contributed by atoms with Crippen molar-refractivity contribution in [2.24, 2.45) is 0 Å². The lowest BCUT2D eigenvalue weighted by atomic mass is 10.2. The number of ether oxygens (including phenoxy) is 2. The molecule has 0 aliphatic carbocycles. The van der Waals surface area contributed by atoms with Gasteiger partial charge >= 0.3 is 0 Å². The highest BCUT2D eigenvalue weighted by molar-refractivity contribution is 7.90. The van der Waals surface area contributed by atoms with Crippen molar-refractivity contribution >= 4 is 21.4 Å². The summed E-state index contributed by atoms with van der Waals surface area (Å²) >= 11 is 5.91. The van der Waals surface area contributed by atoms with Gasteiger partial charge in [-0.25, -0.2) is 8.42 Å². The van der Waals surface area contributed by atoms with Crippen molar-refractivity contribution in [2.75, 3.05) is 20.0 Å². The van der Waals surface area contributed by atoms with E-state index in [-0.39, 0.29) is 11.5 Å². The van der Waals surface area contributed by atoms with E-state index in [1.165, 1.54) is 14.2 Å². The highest BCUT2D eigenvalue weighted by Gasteiger charge is 2.20. The number of hydrogen-bond acceptors (Lipinski definition) is 4. The maximum absolute atomic E-state index is 11.9. The van der Waals surface area contributed by atoms with Crippen molar-refractivity contribution in [3.05, 3.63) is 34.9 Å². The minimum Gasteiger partial charge on any atom is -0.355 e. The quantitative estimate of drug-likeness (QED) is 0.746. The molecular formula is C11H15ClO4S. The van der Waals surface area contributed by atoms with Gasteiger partial charge in [0.2, 0.25) is 0 Å². The van der Waals surface area contributed by atoms with Gasteiger partial charge in [-0.1, -0.05) is 29.8 Å². The molecule has 0 saturated heterocycles. The van der Waals surface area contributed by atoms with Crippen molar-refractivity contribution in [1.82, 2.24) is 0 Å². The van der Waals surface area contributed by atoms with Crippen molar-refractivity contribution in [3.8, 4) is 0 Å². The Balaban J connectivity index is 2.77. The fraction of sp³-hybridized carbons (Fsp3) is 0.455. The second kappa shape index (κ2) is 6.35. The average molecular weight is 279 g/mol. The van der Waals surface area contributed by atoms with Crippen molar-refractivity contribution in [1.29, 1.82) is 0 Å². The maximum Gasteiger partial charge on any atom is 0.170 e. The van der Waals surface area contributed by atoms with Gasteiger partial charge in [-0.15, -0.1) is 0 Å². The lowest BCUT2D eigenvalue weighted by molar-refractivity contribution is -0.0852. The standard InChI is InChI=1S/C11H15ClO4S/c1-15-11(16-2)8-17(13,14)7-9-5-3-4-6-10(9)12/h3-6,11H,7-8H2,1-2H3. The van der Waals surface area contributed by atoms with Crippen molar-refractivity contribution < 1.29 is 17.9 Å². The second-order valence-electron chi connectivity index (χ2n) is 3.55. The summed E-state index contributed by atoms with van der Waals surface area (Å²) in [6.45, 7) is 0. The zero-order valence-corrected chi connectivity index (χ0v) is 11.3. The Morgan fingerprint density at radius 1 is 1.24 bits per heavy atom. The molecule has 0 aromatic heterocycles. The van der Waals surface area contributed by atoms with Crippen molar-refractivity contribution in [2.45, 2.75) is 12.0 Å². The number of sulfone groups is 1. The summed E-state index contributed by atoms with van der Waals surface area (Å²) in [7, 11) is -0.511. The molecule has 0 bridgehead atoms. The third-order valence-corrected chi connectivity index (χ3v) is 4.15. The van der Waals surface area contributed by atoms with Crippen LogP contribution in [0.25, 0.3) is 0 Å². The molecule has 0 atom stereocenters. The zero-order valence-electron chi connectivity index (χ0n) is 9.72. The van der Waals surface area contributed by atoms with Gasteiger partial charge in [-0.3, -0.25) is 0 Å². The zero-order chi connectivity index (χ0) is 12.9. The maximum atomic E-state index is 11.9. The number of methoxy groups -OCH3 is 2. The Morgan fingerprint density at radius 3 is 2.35 bits per heavy atom. The monoisotopic (exact) mass is 278 g/mol. The first-order valence-electron chi connectivity index (χ1n) is 4.98. The predicted molar refractivity (Wildman–Crippen MR) is 66.7 cm³/mol. The first kappa shape index (κ1) is 14.4. The predicted octanol–water partition coefficient (Wildman–Crippen LogP) is 1.87. The molecule has 17 heavy (non-hydrogen) atoms. The fourth-order valence-corrected chi connectivity index (χ4v) is 3.16. The molecule has 0 unspecified atom stereocenters. The molecule has 0 fully saturated rings. The smallest absolute Gasteiger partial charge is 0.170 e. The van der Waals surface area contributed by atoms with Crippen LogP contribution >= 0.6 is 11.6 Å². The molecular weight excluding hydrogens is 264 g/mol. The molecule has 0 aliphatic heterocycles. The summed E-state index contributed by atoms with van der Waals surface area (Å²) in [6.07, 6.45) is -0.748. The van der Waals surface area contributed by atoms with Crippen LogP contribution in [0, 0.1) is 0 Å². The average Bonchev–Trinajstić information content (AvgIpc) is 2.29. The minimum atomic E-state index is -3.32. The highest BCUT2D eigenvalue weighted by atomic mass is 35.5. The van der Waals surface area contributed by atoms with Crippen LogP contribution in [0.3, 0.4) is 0 Å². The molecule has 4 nitrogen and oxygen atoms in total. The Kier molecular flexibility index (Phi) is 5.39. The van der Waals surface area contributed by atoms with E-state index in [4.69, 9.17) is 21.1 Å². The molecule has 96 valence electrons. The summed E-state index contributed by atoms with van der Waals surface area (Å²) in [6, 6.07) is 6.86. The Labute approximate surface area is 106 Å². The molecule has 0 amide bonds. The van der Waals surface area contributed by atoms with Crippen LogP contribution in [0.5, 0.6) is 0 Å². The molecule has 1 aromatic carbocycles. The molecule has 0 spiro atoms. The summed E-state index contributed by atoms with van der Waals surface area (Å²) in [5, 5.41) is 0.447. The summed E-state index contributed by atoms with van der Waals surface area (Å²) < 4.78 is 33.5. The van der Waals surface area contributed by atoms with Crippen LogP contribution in [0.1, 0.15) is 5.56 Å². The van der Waals surface area contributed by atoms with Crippen LogP contribution in [-0.4, -0.2) is 34.7 Å². The second-order valence-corrected chi connectivity index (χ2v) is 6.06. The van der Waals surface area contributed by atoms with Crippen LogP contribution in [0.2, 0.25) is 5.02 Å². The SMILES string of the molecule is COC(CS(=O)(=O)Cc1ccccc1Cl)OC. The number of benzene rings is 1. The normalized spacial score (nSPS) is 12.0. The first-order chi connectivity index (χ1) is 7.98. The molecule has 1 aromatic rings. The third kappa shape index (κ3) is 4.63. The first-order valence-corrected chi connectivity index (χ1v) is 7.18. The van der Waals surface area contributed by atoms with E-state index in [0.717, 1.165) is 0 Å². The van der Waals surface area contributed by atoms with Crippen LogP contribution in [0.4, 0.5) is 0 Å². The summed E-state index contributed by atoms with van der Waals surface area (Å²) in [4.78, 5) is 0. The molecule has 0 aliphatic rings. The van der Waals surface area contributed by atoms with Gasteiger partial charge in [0.1, 0.15) is 5.75 Å². The van der Waals surface area contributed by atoms with E-state index in [9.17, 15) is 8.42 Å². The van der Waals surface area contributed by atoms with Gasteiger partial charge < -0.3 is 9.47 Å². The van der Waals surface area contributed by atoms with Gasteiger partial charge in [0.25, 0.3) is 0 Å². The number of rotatable bonds is 6. The topological polar surface area (TPSA) is 52.6 Å². The Morgan fingerprint density at radius 2 is 1.82 bits per heavy atom. The molecule has 1 rings (SSSR count).